The first kappa shape index (κ1) is 92.5. The van der Waals surface area contributed by atoms with Crippen LogP contribution in [0.3, 0.4) is 0 Å². The van der Waals surface area contributed by atoms with Gasteiger partial charge in [0.1, 0.15) is 69.7 Å². The van der Waals surface area contributed by atoms with Gasteiger partial charge < -0.3 is 68.1 Å². The van der Waals surface area contributed by atoms with Crippen LogP contribution in [0, 0.1) is 11.6 Å². The first-order chi connectivity index (χ1) is 65.3. The van der Waals surface area contributed by atoms with Crippen LogP contribution in [0.25, 0.3) is 90.8 Å². The number of hydrogen-bond acceptors (Lipinski definition) is 26. The average molecular weight is 1840 g/mol. The first-order valence-electron chi connectivity index (χ1n) is 42.3. The van der Waals surface area contributed by atoms with Crippen molar-refractivity contribution in [2.75, 3.05) is 47.7 Å². The molecule has 6 atom stereocenters. The van der Waals surface area contributed by atoms with Crippen LogP contribution in [-0.2, 0) is 28.5 Å². The van der Waals surface area contributed by atoms with Gasteiger partial charge in [-0.2, -0.15) is 40.8 Å². The predicted octanol–water partition coefficient (Wildman–Crippen LogP) is 15.3. The van der Waals surface area contributed by atoms with Crippen molar-refractivity contribution in [3.05, 3.63) is 243 Å². The Hall–Kier alpha value is -16.2. The summed E-state index contributed by atoms with van der Waals surface area (Å²) in [7, 11) is 0. The number of nitrogens with zero attached hydrogens (tertiary/aromatic N) is 16. The lowest BCUT2D eigenvalue weighted by atomic mass is 9.87. The van der Waals surface area contributed by atoms with Gasteiger partial charge in [-0.15, -0.1) is 0 Å². The molecular formula is C90H88F4N24O16. The van der Waals surface area contributed by atoms with Crippen LogP contribution in [0.2, 0.25) is 0 Å². The first-order valence-corrected chi connectivity index (χ1v) is 42.3. The minimum Gasteiger partial charge on any atom is -0.483 e. The van der Waals surface area contributed by atoms with E-state index < -0.39 is 71.9 Å². The molecule has 4 fully saturated rings. The van der Waals surface area contributed by atoms with E-state index in [4.69, 9.17) is 56.4 Å². The van der Waals surface area contributed by atoms with Gasteiger partial charge in [-0.05, 0) is 150 Å². The quantitative estimate of drug-likeness (QED) is 0.0161. The molecule has 0 aromatic carbocycles. The highest BCUT2D eigenvalue weighted by molar-refractivity contribution is 6.07. The number of alkyl halides is 2. The number of rotatable bonds is 28. The molecule has 134 heavy (non-hydrogen) atoms. The minimum absolute atomic E-state index is 0.0702. The zero-order chi connectivity index (χ0) is 93.7. The monoisotopic (exact) mass is 1840 g/mol. The molecule has 40 nitrogen and oxygen atoms in total. The summed E-state index contributed by atoms with van der Waals surface area (Å²) in [6, 6.07) is 28.9. The summed E-state index contributed by atoms with van der Waals surface area (Å²) in [6.07, 6.45) is 27.2. The molecule has 16 heterocycles. The Morgan fingerprint density at radius 3 is 1.05 bits per heavy atom. The lowest BCUT2D eigenvalue weighted by Crippen LogP contribution is -2.46. The minimum atomic E-state index is -1.17. The van der Waals surface area contributed by atoms with Crippen molar-refractivity contribution in [2.24, 2.45) is 0 Å². The molecule has 0 bridgehead atoms. The molecule has 10 N–H and O–H groups in total. The average Bonchev–Trinajstić information content (AvgIpc) is 1.44. The van der Waals surface area contributed by atoms with E-state index in [0.29, 0.717) is 119 Å². The number of amides is 4. The van der Waals surface area contributed by atoms with E-state index >= 15 is 0 Å². The summed E-state index contributed by atoms with van der Waals surface area (Å²) >= 11 is 0. The zero-order valence-electron chi connectivity index (χ0n) is 71.9. The topological polar surface area (TPSA) is 518 Å². The van der Waals surface area contributed by atoms with Crippen LogP contribution < -0.4 is 21.3 Å². The second-order valence-electron chi connectivity index (χ2n) is 30.1. The van der Waals surface area contributed by atoms with Crippen LogP contribution in [-0.4, -0.2) is 210 Å². The van der Waals surface area contributed by atoms with E-state index in [1.807, 2.05) is 44.5 Å². The summed E-state index contributed by atoms with van der Waals surface area (Å²) < 4.78 is 108. The molecule has 16 aromatic rings. The van der Waals surface area contributed by atoms with Crippen molar-refractivity contribution in [2.45, 2.75) is 127 Å². The number of anilines is 4. The van der Waals surface area contributed by atoms with Gasteiger partial charge in [-0.3, -0.25) is 87.8 Å². The zero-order valence-corrected chi connectivity index (χ0v) is 71.9. The molecule has 0 aliphatic heterocycles. The lowest BCUT2D eigenvalue weighted by molar-refractivity contribution is -0.123. The molecule has 4 amide bonds. The van der Waals surface area contributed by atoms with Crippen molar-refractivity contribution in [1.29, 1.82) is 0 Å². The number of ether oxygens (including phenoxy) is 4. The van der Waals surface area contributed by atoms with Crippen molar-refractivity contribution in [3.8, 4) is 90.8 Å². The number of carbonyl (C=O) groups excluding carboxylic acids is 4. The molecule has 0 radical (unpaired) electrons. The van der Waals surface area contributed by atoms with Crippen molar-refractivity contribution in [3.63, 3.8) is 0 Å². The highest BCUT2D eigenvalue weighted by Crippen LogP contribution is 2.44. The fourth-order valence-corrected chi connectivity index (χ4v) is 14.8. The van der Waals surface area contributed by atoms with E-state index in [0.717, 1.165) is 54.1 Å². The number of nitrogens with one attached hydrogen (secondary N) is 8. The molecule has 0 saturated heterocycles. The maximum absolute atomic E-state index is 14.6. The second-order valence-corrected chi connectivity index (χ2v) is 30.1. The number of aromatic amines is 4. The smallest absolute Gasteiger partial charge is 0.291 e. The Balaban J connectivity index is 0.000000133. The summed E-state index contributed by atoms with van der Waals surface area (Å²) in [5.74, 6) is -0.189. The Morgan fingerprint density at radius 1 is 0.403 bits per heavy atom. The molecule has 44 heteroatoms. The Morgan fingerprint density at radius 2 is 0.739 bits per heavy atom. The van der Waals surface area contributed by atoms with Crippen LogP contribution >= 0.6 is 0 Å². The molecule has 16 aromatic heterocycles. The van der Waals surface area contributed by atoms with Gasteiger partial charge in [0.25, 0.3) is 36.6 Å². The molecule has 4 aliphatic rings. The highest BCUT2D eigenvalue weighted by Gasteiger charge is 2.46. The lowest BCUT2D eigenvalue weighted by Gasteiger charge is -2.38. The number of hydrogen-bond donors (Lipinski definition) is 10. The van der Waals surface area contributed by atoms with E-state index in [1.165, 1.54) is 30.5 Å². The Bertz CT molecular complexity index is 6310. The fourth-order valence-electron chi connectivity index (χ4n) is 14.8. The van der Waals surface area contributed by atoms with E-state index in [1.54, 1.807) is 174 Å². The van der Waals surface area contributed by atoms with E-state index in [-0.39, 0.29) is 71.7 Å². The van der Waals surface area contributed by atoms with Crippen LogP contribution in [0.15, 0.2) is 226 Å². The number of carbonyl (C=O) groups is 6. The van der Waals surface area contributed by atoms with Crippen LogP contribution in [0.5, 0.6) is 0 Å². The number of H-pyrrole nitrogens is 4. The third-order valence-corrected chi connectivity index (χ3v) is 21.7. The molecule has 4 aliphatic carbocycles. The van der Waals surface area contributed by atoms with Gasteiger partial charge in [-0.1, -0.05) is 12.1 Å². The normalized spacial score (nSPS) is 18.3. The van der Waals surface area contributed by atoms with Crippen LogP contribution in [0.1, 0.15) is 133 Å². The highest BCUT2D eigenvalue weighted by atomic mass is 19.1. The maximum Gasteiger partial charge on any atom is 0.291 e. The van der Waals surface area contributed by atoms with Crippen molar-refractivity contribution < 1.29 is 93.2 Å². The summed E-state index contributed by atoms with van der Waals surface area (Å²) in [4.78, 5) is 85.1. The van der Waals surface area contributed by atoms with E-state index in [9.17, 15) is 36.7 Å². The van der Waals surface area contributed by atoms with Gasteiger partial charge in [0, 0.05) is 107 Å². The predicted molar refractivity (Wildman–Crippen MR) is 471 cm³/mol. The number of furan rings is 4. The Labute approximate surface area is 757 Å². The molecule has 0 spiro atoms. The third kappa shape index (κ3) is 21.8. The summed E-state index contributed by atoms with van der Waals surface area (Å²) in [5, 5.41) is 69.7. The molecule has 20 rings (SSSR count). The van der Waals surface area contributed by atoms with Crippen molar-refractivity contribution in [1.82, 2.24) is 99.8 Å². The number of aromatic nitrogens is 20. The molecule has 2 unspecified atom stereocenters. The standard InChI is InChI=1S/4C22H21FN6O3.2CH2O2/c1-2-31-16-7-15(8-16)29-12-18(21(28-29)17-4-3-14(23)11-24-17)27-22(30)20-6-5-19(32-20)13-9-25-26-10-13;1-2-31-15-8-14(9-15)29-12-17(21(28-29)20-16(23)4-3-7-24-20)27-22(30)19-6-5-18(32-19)13-10-25-26-11-13;2*1-2-31-19-9-16(20(19)23)29-12-15(21(28-29)14-5-3-4-8-24-14)27-22(30)18-7-6-17(32-18)13-10-25-26-11-13;2*2-1-3/h3-6,9-12,15-16H,2,7-8H2,1H3,(H,25,26)(H,27,30);3-7,10-12,14-15H,2,8-9H2,1H3,(H,25,26)(H,27,30);2*3-8,10-12,16,19-20H,2,9H2,1H3,(H,25,26)(H,27,30);2*1H,(H,2,3)/t;;2*16-,19+,20?;;/m..00../s1. The summed E-state index contributed by atoms with van der Waals surface area (Å²) in [6.45, 7) is 9.37. The van der Waals surface area contributed by atoms with Crippen LogP contribution in [0.4, 0.5) is 40.3 Å². The third-order valence-electron chi connectivity index (χ3n) is 21.7. The Kier molecular flexibility index (Phi) is 30.0. The van der Waals surface area contributed by atoms with Crippen molar-refractivity contribution >= 4 is 59.3 Å². The van der Waals surface area contributed by atoms with Gasteiger partial charge in [-0.25, -0.2) is 17.6 Å². The molecule has 4 saturated carbocycles. The number of halogens is 4. The SMILES string of the molecule is CCOC1CC(n2cc(NC(=O)c3ccc(-c4cn[nH]c4)o3)c(-c3ccc(F)cn3)n2)C1.CCOC1CC(n2cc(NC(=O)c3ccc(-c4cn[nH]c4)o3)c(-c3ncccc3F)n2)C1.CCO[C@@H]1C[C@H](n2cc(NC(=O)c3ccc(-c4cn[nH]c4)o3)c(-c3ccccn3)n2)C1F.CCO[C@@H]1C[C@H](n2cc(NC(=O)c3ccc(-c4cn[nH]c4)o3)c(-c3ccccn3)n2)C1F.O=CO.O=CO. The maximum atomic E-state index is 14.6. The molecular weight excluding hydrogens is 1750 g/mol. The number of pyridine rings is 4. The second kappa shape index (κ2) is 43.5. The van der Waals surface area contributed by atoms with E-state index in [2.05, 4.69) is 102 Å². The fraction of sp³-hybridized carbons (Fsp3) is 0.267. The van der Waals surface area contributed by atoms with Gasteiger partial charge in [0.05, 0.1) is 142 Å². The number of carboxylic acid groups (broad SMARTS) is 2. The molecule has 692 valence electrons. The van der Waals surface area contributed by atoms with Gasteiger partial charge in [0.15, 0.2) is 28.9 Å². The largest absolute Gasteiger partial charge is 0.483 e. The summed E-state index contributed by atoms with van der Waals surface area (Å²) in [5.41, 5.74) is 7.87. The van der Waals surface area contributed by atoms with Gasteiger partial charge in [0.2, 0.25) is 0 Å². The van der Waals surface area contributed by atoms with Gasteiger partial charge >= 0.3 is 0 Å².